The van der Waals surface area contributed by atoms with E-state index in [-0.39, 0.29) is 55.4 Å². The summed E-state index contributed by atoms with van der Waals surface area (Å²) >= 11 is 0. The predicted octanol–water partition coefficient (Wildman–Crippen LogP) is 0.870. The molecule has 2 aromatic heterocycles. The second-order valence-electron chi connectivity index (χ2n) is 8.84. The average molecular weight is 503 g/mol. The number of hydrogen-bond donors (Lipinski definition) is 3. The normalized spacial score (nSPS) is 17.3. The number of aromatic nitrogens is 2. The van der Waals surface area contributed by atoms with Crippen LogP contribution >= 0.6 is 0 Å². The average Bonchev–Trinajstić information content (AvgIpc) is 3.28. The molecule has 2 aliphatic heterocycles. The molecule has 0 radical (unpaired) electrons. The maximum absolute atomic E-state index is 13.5. The smallest absolute Gasteiger partial charge is 0.343 e. The molecule has 0 fully saturated rings. The zero-order chi connectivity index (χ0) is 26.2. The van der Waals surface area contributed by atoms with Gasteiger partial charge in [0, 0.05) is 28.5 Å². The van der Waals surface area contributed by atoms with Crippen LogP contribution < -0.4 is 16.6 Å². The van der Waals surface area contributed by atoms with Gasteiger partial charge in [-0.3, -0.25) is 9.59 Å². The first-order chi connectivity index (χ1) is 17.9. The summed E-state index contributed by atoms with van der Waals surface area (Å²) in [7, 11) is 0. The molecular weight excluding hydrogens is 476 g/mol. The number of carbonyl (C=O) groups excluding carboxylic acids is 2. The first-order valence-electron chi connectivity index (χ1n) is 12.0. The third-order valence-corrected chi connectivity index (χ3v) is 6.74. The monoisotopic (exact) mass is 502 g/mol. The molecule has 10 nitrogen and oxygen atoms in total. The Labute approximate surface area is 212 Å². The lowest BCUT2D eigenvalue weighted by Crippen LogP contribution is -2.44. The van der Waals surface area contributed by atoms with Gasteiger partial charge in [-0.25, -0.2) is 9.78 Å². The molecule has 1 atom stereocenters. The minimum absolute atomic E-state index is 0.0600. The van der Waals surface area contributed by atoms with Gasteiger partial charge in [0.15, 0.2) is 5.60 Å². The molecule has 1 amide bonds. The number of pyridine rings is 2. The van der Waals surface area contributed by atoms with Gasteiger partial charge in [0.1, 0.15) is 13.3 Å². The Morgan fingerprint density at radius 3 is 2.92 bits per heavy atom. The highest BCUT2D eigenvalue weighted by Crippen LogP contribution is 2.39. The highest BCUT2D eigenvalue weighted by atomic mass is 16.6. The quantitative estimate of drug-likeness (QED) is 0.152. The van der Waals surface area contributed by atoms with Crippen molar-refractivity contribution in [2.45, 2.75) is 38.5 Å². The van der Waals surface area contributed by atoms with E-state index in [2.05, 4.69) is 17.2 Å². The van der Waals surface area contributed by atoms with E-state index in [1.165, 1.54) is 0 Å². The van der Waals surface area contributed by atoms with Crippen LogP contribution in [-0.2, 0) is 37.8 Å². The number of amides is 1. The first-order valence-corrected chi connectivity index (χ1v) is 12.0. The van der Waals surface area contributed by atoms with Crippen molar-refractivity contribution >= 4 is 22.8 Å². The van der Waals surface area contributed by atoms with Crippen molar-refractivity contribution < 1.29 is 24.2 Å². The Morgan fingerprint density at radius 1 is 1.32 bits per heavy atom. The third-order valence-electron chi connectivity index (χ3n) is 6.74. The number of cyclic esters (lactones) is 1. The highest BCUT2D eigenvalue weighted by Gasteiger charge is 2.45. The van der Waals surface area contributed by atoms with Crippen molar-refractivity contribution in [1.82, 2.24) is 14.9 Å². The molecule has 37 heavy (non-hydrogen) atoms. The van der Waals surface area contributed by atoms with Crippen molar-refractivity contribution in [3.05, 3.63) is 62.9 Å². The van der Waals surface area contributed by atoms with E-state index < -0.39 is 11.6 Å². The Kier molecular flexibility index (Phi) is 6.52. The van der Waals surface area contributed by atoms with Crippen LogP contribution in [0.5, 0.6) is 0 Å². The molecule has 0 bridgehead atoms. The summed E-state index contributed by atoms with van der Waals surface area (Å²) in [5.41, 5.74) is 7.00. The fourth-order valence-corrected chi connectivity index (χ4v) is 4.72. The third kappa shape index (κ3) is 4.17. The Balaban J connectivity index is 1.54. The summed E-state index contributed by atoms with van der Waals surface area (Å²) in [6.07, 6.45) is 0.503. The Bertz CT molecular complexity index is 1550. The Morgan fingerprint density at radius 2 is 2.14 bits per heavy atom. The molecule has 10 heteroatoms. The van der Waals surface area contributed by atoms with Crippen LogP contribution in [0.25, 0.3) is 22.3 Å². The SMILES string of the molecule is CC[C@@]1(O)C(=O)OCc2c1cc1n(c2=O)Cc2c-1nc1ccccc1c2C#CCCOCNC(=O)CN. The molecule has 0 aliphatic carbocycles. The second-order valence-corrected chi connectivity index (χ2v) is 8.84. The zero-order valence-electron chi connectivity index (χ0n) is 20.3. The molecule has 3 aromatic rings. The molecule has 1 aromatic carbocycles. The van der Waals surface area contributed by atoms with Crippen LogP contribution in [0.1, 0.15) is 42.0 Å². The van der Waals surface area contributed by atoms with Crippen molar-refractivity contribution in [3.63, 3.8) is 0 Å². The van der Waals surface area contributed by atoms with Crippen LogP contribution in [0, 0.1) is 11.8 Å². The lowest BCUT2D eigenvalue weighted by molar-refractivity contribution is -0.172. The summed E-state index contributed by atoms with van der Waals surface area (Å²) in [5, 5.41) is 14.5. The lowest BCUT2D eigenvalue weighted by atomic mass is 9.86. The van der Waals surface area contributed by atoms with Gasteiger partial charge in [0.05, 0.1) is 42.2 Å². The van der Waals surface area contributed by atoms with Gasteiger partial charge in [0.25, 0.3) is 5.56 Å². The molecule has 4 heterocycles. The van der Waals surface area contributed by atoms with Crippen molar-refractivity contribution in [3.8, 4) is 23.2 Å². The number of nitrogens with zero attached hydrogens (tertiary/aromatic N) is 2. The fraction of sp³-hybridized carbons (Fsp3) is 0.333. The number of rotatable bonds is 6. The number of para-hydroxylation sites is 1. The summed E-state index contributed by atoms with van der Waals surface area (Å²) in [6, 6.07) is 9.29. The lowest BCUT2D eigenvalue weighted by Gasteiger charge is -2.31. The highest BCUT2D eigenvalue weighted by molar-refractivity contribution is 5.91. The van der Waals surface area contributed by atoms with E-state index in [9.17, 15) is 19.5 Å². The fourth-order valence-electron chi connectivity index (χ4n) is 4.72. The molecular formula is C27H26N4O6. The number of nitrogens with one attached hydrogen (secondary N) is 1. The summed E-state index contributed by atoms with van der Waals surface area (Å²) in [5.74, 6) is 5.30. The van der Waals surface area contributed by atoms with Gasteiger partial charge in [-0.1, -0.05) is 37.0 Å². The van der Waals surface area contributed by atoms with Gasteiger partial charge < -0.3 is 30.2 Å². The van der Waals surface area contributed by atoms with Gasteiger partial charge in [0.2, 0.25) is 5.91 Å². The number of hydrogen-bond acceptors (Lipinski definition) is 8. The van der Waals surface area contributed by atoms with E-state index in [0.717, 1.165) is 22.0 Å². The van der Waals surface area contributed by atoms with Crippen LogP contribution in [0.15, 0.2) is 35.1 Å². The van der Waals surface area contributed by atoms with Crippen molar-refractivity contribution in [1.29, 1.82) is 0 Å². The van der Waals surface area contributed by atoms with Gasteiger partial charge >= 0.3 is 5.97 Å². The number of aliphatic hydroxyl groups is 1. The summed E-state index contributed by atoms with van der Waals surface area (Å²) in [6.45, 7) is 2.03. The largest absolute Gasteiger partial charge is 0.458 e. The number of fused-ring (bicyclic) bond motifs is 5. The minimum atomic E-state index is -1.88. The van der Waals surface area contributed by atoms with Crippen LogP contribution in [-0.4, -0.2) is 46.4 Å². The van der Waals surface area contributed by atoms with E-state index in [1.807, 2.05) is 24.3 Å². The van der Waals surface area contributed by atoms with E-state index in [4.69, 9.17) is 20.2 Å². The maximum atomic E-state index is 13.5. The summed E-state index contributed by atoms with van der Waals surface area (Å²) in [4.78, 5) is 41.9. The van der Waals surface area contributed by atoms with Crippen LogP contribution in [0.3, 0.4) is 0 Å². The van der Waals surface area contributed by atoms with Gasteiger partial charge in [-0.05, 0) is 18.6 Å². The van der Waals surface area contributed by atoms with E-state index in [1.54, 1.807) is 17.6 Å². The van der Waals surface area contributed by atoms with Crippen molar-refractivity contribution in [2.24, 2.45) is 5.73 Å². The Hall–Kier alpha value is -4.04. The molecule has 5 rings (SSSR count). The molecule has 190 valence electrons. The van der Waals surface area contributed by atoms with Crippen molar-refractivity contribution in [2.75, 3.05) is 19.9 Å². The molecule has 0 spiro atoms. The van der Waals surface area contributed by atoms with Crippen LogP contribution in [0.2, 0.25) is 0 Å². The number of ether oxygens (including phenoxy) is 2. The predicted molar refractivity (Wildman–Crippen MR) is 134 cm³/mol. The number of nitrogens with two attached hydrogens (primary N) is 1. The maximum Gasteiger partial charge on any atom is 0.343 e. The first kappa shape index (κ1) is 24.6. The molecule has 0 unspecified atom stereocenters. The van der Waals surface area contributed by atoms with E-state index >= 15 is 0 Å². The van der Waals surface area contributed by atoms with E-state index in [0.29, 0.717) is 24.4 Å². The topological polar surface area (TPSA) is 146 Å². The number of carbonyl (C=O) groups is 2. The minimum Gasteiger partial charge on any atom is -0.458 e. The van der Waals surface area contributed by atoms with Crippen LogP contribution in [0.4, 0.5) is 0 Å². The summed E-state index contributed by atoms with van der Waals surface area (Å²) < 4.78 is 12.1. The second kappa shape index (κ2) is 9.78. The van der Waals surface area contributed by atoms with Gasteiger partial charge in [-0.15, -0.1) is 0 Å². The zero-order valence-corrected chi connectivity index (χ0v) is 20.3. The standard InChI is InChI=1S/C27H26N4O6/c1-2-27(35)20-11-22-24-18(13-31(22)25(33)19(20)14-37-26(27)34)16(17-8-3-4-9-21(17)30-24)7-5-6-10-36-15-29-23(32)12-28/h3-4,8-9,11,35H,2,6,10,12-15,28H2,1H3,(H,29,32)/t27-/m0/s1. The van der Waals surface area contributed by atoms with Gasteiger partial charge in [-0.2, -0.15) is 0 Å². The molecule has 0 saturated heterocycles. The molecule has 2 aliphatic rings. The molecule has 4 N–H and O–H groups in total. The number of esters is 1. The number of benzene rings is 1. The molecule has 0 saturated carbocycles.